The van der Waals surface area contributed by atoms with Gasteiger partial charge in [0.25, 0.3) is 0 Å². The quantitative estimate of drug-likeness (QED) is 0.395. The summed E-state index contributed by atoms with van der Waals surface area (Å²) in [6.07, 6.45) is 4.11. The van der Waals surface area contributed by atoms with Crippen molar-refractivity contribution in [3.05, 3.63) is 12.2 Å². The summed E-state index contributed by atoms with van der Waals surface area (Å²) >= 11 is 2.19. The van der Waals surface area contributed by atoms with Crippen LogP contribution in [0.15, 0.2) is 12.2 Å². The van der Waals surface area contributed by atoms with Gasteiger partial charge >= 0.3 is 4.83 Å². The lowest BCUT2D eigenvalue weighted by atomic mass is 10.4. The molecule has 0 aromatic heterocycles. The van der Waals surface area contributed by atoms with Crippen molar-refractivity contribution in [3.8, 4) is 0 Å². The van der Waals surface area contributed by atoms with E-state index in [4.69, 9.17) is 4.74 Å². The normalized spacial score (nSPS) is 12.7. The van der Waals surface area contributed by atoms with Gasteiger partial charge in [0.2, 0.25) is 0 Å². The summed E-state index contributed by atoms with van der Waals surface area (Å²) in [4.78, 5) is -2.90. The van der Waals surface area contributed by atoms with E-state index in [2.05, 4.69) is 15.9 Å². The summed E-state index contributed by atoms with van der Waals surface area (Å²) in [5.74, 6) is 0. The molecule has 0 atom stereocenters. The van der Waals surface area contributed by atoms with Crippen molar-refractivity contribution in [2.24, 2.45) is 0 Å². The molecule has 0 saturated carbocycles. The van der Waals surface area contributed by atoms with Gasteiger partial charge in [0.1, 0.15) is 0 Å². The van der Waals surface area contributed by atoms with Gasteiger partial charge in [-0.25, -0.2) is 0 Å². The lowest BCUT2D eigenvalue weighted by molar-refractivity contribution is 0.151. The maximum Gasteiger partial charge on any atom is 0.320 e. The van der Waals surface area contributed by atoms with Gasteiger partial charge in [-0.1, -0.05) is 19.4 Å². The summed E-state index contributed by atoms with van der Waals surface area (Å²) in [7, 11) is 0. The van der Waals surface area contributed by atoms with E-state index >= 15 is 0 Å². The van der Waals surface area contributed by atoms with Crippen molar-refractivity contribution in [1.82, 2.24) is 0 Å². The molecule has 0 radical (unpaired) electrons. The summed E-state index contributed by atoms with van der Waals surface area (Å²) in [6.45, 7) is 2.93. The fraction of sp³-hybridized carbons (Fsp3) is 0.750. The molecule has 12 heavy (non-hydrogen) atoms. The first-order valence-electron chi connectivity index (χ1n) is 3.88. The molecule has 1 nitrogen and oxygen atoms in total. The summed E-state index contributed by atoms with van der Waals surface area (Å²) < 4.78 is 29.2. The molecule has 0 bridgehead atoms. The molecule has 4 heteroatoms. The minimum atomic E-state index is -2.90. The number of halogens is 3. The first-order chi connectivity index (χ1) is 5.56. The van der Waals surface area contributed by atoms with Crippen LogP contribution in [0.2, 0.25) is 0 Å². The standard InChI is InChI=1S/C8H13BrF2O/c1-2-3-6-12-7-4-5-8(9,10)11/h4-5H,2-3,6-7H2,1H3/b5-4+. The Balaban J connectivity index is 3.25. The van der Waals surface area contributed by atoms with E-state index in [9.17, 15) is 8.78 Å². The molecule has 0 N–H and O–H groups in total. The van der Waals surface area contributed by atoms with Gasteiger partial charge in [-0.15, -0.1) is 0 Å². The minimum Gasteiger partial charge on any atom is -0.377 e. The fourth-order valence-corrected chi connectivity index (χ4v) is 0.766. The average Bonchev–Trinajstić information content (AvgIpc) is 1.94. The monoisotopic (exact) mass is 242 g/mol. The van der Waals surface area contributed by atoms with Gasteiger partial charge in [-0.3, -0.25) is 0 Å². The van der Waals surface area contributed by atoms with Gasteiger partial charge in [0, 0.05) is 6.61 Å². The lowest BCUT2D eigenvalue weighted by Gasteiger charge is -2.00. The van der Waals surface area contributed by atoms with E-state index in [1.165, 1.54) is 6.08 Å². The maximum atomic E-state index is 12.1. The second kappa shape index (κ2) is 6.54. The molecule has 0 unspecified atom stereocenters. The van der Waals surface area contributed by atoms with Gasteiger partial charge in [-0.05, 0) is 28.4 Å². The van der Waals surface area contributed by atoms with Crippen molar-refractivity contribution in [1.29, 1.82) is 0 Å². The predicted molar refractivity (Wildman–Crippen MR) is 48.7 cm³/mol. The van der Waals surface area contributed by atoms with Crippen LogP contribution in [0.3, 0.4) is 0 Å². The SMILES string of the molecule is CCCCOC/C=C/C(F)(F)Br. The molecule has 0 aliphatic carbocycles. The van der Waals surface area contributed by atoms with Gasteiger partial charge in [0.05, 0.1) is 6.61 Å². The largest absolute Gasteiger partial charge is 0.377 e. The molecule has 0 aliphatic rings. The molecule has 0 saturated heterocycles. The highest BCUT2D eigenvalue weighted by atomic mass is 79.9. The third-order valence-electron chi connectivity index (χ3n) is 1.16. The van der Waals surface area contributed by atoms with E-state index in [0.717, 1.165) is 18.9 Å². The summed E-state index contributed by atoms with van der Waals surface area (Å²) in [6, 6.07) is 0. The van der Waals surface area contributed by atoms with Gasteiger partial charge in [0.15, 0.2) is 0 Å². The second-order valence-corrected chi connectivity index (χ2v) is 3.43. The van der Waals surface area contributed by atoms with Crippen molar-refractivity contribution >= 4 is 15.9 Å². The Hall–Kier alpha value is 0.0400. The average molecular weight is 243 g/mol. The van der Waals surface area contributed by atoms with Crippen LogP contribution in [-0.4, -0.2) is 18.0 Å². The number of alkyl halides is 3. The van der Waals surface area contributed by atoms with Crippen molar-refractivity contribution in [2.75, 3.05) is 13.2 Å². The van der Waals surface area contributed by atoms with Crippen LogP contribution in [0.1, 0.15) is 19.8 Å². The molecular formula is C8H13BrF2O. The topological polar surface area (TPSA) is 9.23 Å². The molecule has 0 amide bonds. The zero-order valence-corrected chi connectivity index (χ0v) is 8.61. The van der Waals surface area contributed by atoms with E-state index in [1.807, 2.05) is 6.92 Å². The van der Waals surface area contributed by atoms with Gasteiger partial charge in [-0.2, -0.15) is 8.78 Å². The first kappa shape index (κ1) is 12.0. The van der Waals surface area contributed by atoms with Crippen LogP contribution in [0.4, 0.5) is 8.78 Å². The van der Waals surface area contributed by atoms with Crippen molar-refractivity contribution in [3.63, 3.8) is 0 Å². The molecule has 0 spiro atoms. The molecule has 0 fully saturated rings. The predicted octanol–water partition coefficient (Wildman–Crippen LogP) is 3.35. The molecule has 0 aromatic carbocycles. The lowest BCUT2D eigenvalue weighted by Crippen LogP contribution is -2.00. The number of unbranched alkanes of at least 4 members (excludes halogenated alkanes) is 1. The fourth-order valence-electron chi connectivity index (χ4n) is 0.580. The highest BCUT2D eigenvalue weighted by Gasteiger charge is 2.17. The number of allylic oxidation sites excluding steroid dienone is 1. The van der Waals surface area contributed by atoms with Crippen LogP contribution in [0.5, 0.6) is 0 Å². The Morgan fingerprint density at radius 3 is 2.67 bits per heavy atom. The third kappa shape index (κ3) is 10.0. The zero-order chi connectivity index (χ0) is 9.45. The van der Waals surface area contributed by atoms with E-state index in [1.54, 1.807) is 0 Å². The van der Waals surface area contributed by atoms with E-state index in [-0.39, 0.29) is 6.61 Å². The second-order valence-electron chi connectivity index (χ2n) is 2.37. The van der Waals surface area contributed by atoms with Crippen molar-refractivity contribution < 1.29 is 13.5 Å². The molecule has 0 heterocycles. The van der Waals surface area contributed by atoms with Gasteiger partial charge < -0.3 is 4.74 Å². The Kier molecular flexibility index (Phi) is 6.57. The number of rotatable bonds is 6. The smallest absolute Gasteiger partial charge is 0.320 e. The highest BCUT2D eigenvalue weighted by Crippen LogP contribution is 2.22. The summed E-state index contributed by atoms with van der Waals surface area (Å²) in [5.41, 5.74) is 0. The summed E-state index contributed by atoms with van der Waals surface area (Å²) in [5, 5.41) is 0. The van der Waals surface area contributed by atoms with Crippen LogP contribution in [0.25, 0.3) is 0 Å². The van der Waals surface area contributed by atoms with Crippen LogP contribution >= 0.6 is 15.9 Å². The first-order valence-corrected chi connectivity index (χ1v) is 4.67. The molecule has 72 valence electrons. The molecule has 0 rings (SSSR count). The number of hydrogen-bond donors (Lipinski definition) is 0. The Morgan fingerprint density at radius 2 is 2.17 bits per heavy atom. The molecule has 0 aliphatic heterocycles. The van der Waals surface area contributed by atoms with Crippen LogP contribution < -0.4 is 0 Å². The maximum absolute atomic E-state index is 12.1. The molecule has 0 aromatic rings. The molecular weight excluding hydrogens is 230 g/mol. The Labute approximate surface area is 79.9 Å². The van der Waals surface area contributed by atoms with Crippen LogP contribution in [-0.2, 0) is 4.74 Å². The van der Waals surface area contributed by atoms with E-state index in [0.29, 0.717) is 6.61 Å². The zero-order valence-electron chi connectivity index (χ0n) is 7.03. The van der Waals surface area contributed by atoms with E-state index < -0.39 is 4.83 Å². The third-order valence-corrected chi connectivity index (χ3v) is 1.43. The van der Waals surface area contributed by atoms with Crippen LogP contribution in [0, 0.1) is 0 Å². The Bertz CT molecular complexity index is 132. The highest BCUT2D eigenvalue weighted by molar-refractivity contribution is 9.10. The number of ether oxygens (including phenoxy) is 1. The Morgan fingerprint density at radius 1 is 1.50 bits per heavy atom. The number of hydrogen-bond acceptors (Lipinski definition) is 1. The minimum absolute atomic E-state index is 0.251. The van der Waals surface area contributed by atoms with Crippen molar-refractivity contribution in [2.45, 2.75) is 24.6 Å².